The van der Waals surface area contributed by atoms with E-state index in [1.165, 1.54) is 0 Å². The molecule has 0 amide bonds. The Morgan fingerprint density at radius 3 is 2.57 bits per heavy atom. The van der Waals surface area contributed by atoms with Crippen molar-refractivity contribution in [2.45, 2.75) is 31.3 Å². The highest BCUT2D eigenvalue weighted by molar-refractivity contribution is 5.81. The molecule has 0 bridgehead atoms. The number of halogens is 2. The number of hydrogen-bond donors (Lipinski definition) is 2. The Hall–Kier alpha value is -2.29. The van der Waals surface area contributed by atoms with Crippen molar-refractivity contribution in [1.29, 1.82) is 0 Å². The van der Waals surface area contributed by atoms with E-state index < -0.39 is 28.4 Å². The largest absolute Gasteiger partial charge is 0.352 e. The summed E-state index contributed by atoms with van der Waals surface area (Å²) in [4.78, 5) is 31.2. The average molecular weight is 323 g/mol. The molecule has 3 N–H and O–H groups in total. The molecule has 0 spiro atoms. The molecule has 7 nitrogen and oxygen atoms in total. The Kier molecular flexibility index (Phi) is 3.02. The average Bonchev–Trinajstić information content (AvgIpc) is 3.23. The molecule has 2 aromatic rings. The number of rotatable bonds is 2. The number of H-pyrrole nitrogens is 1. The molecule has 0 radical (unpaired) electrons. The molecule has 2 fully saturated rings. The summed E-state index contributed by atoms with van der Waals surface area (Å²) < 4.78 is 30.5. The van der Waals surface area contributed by atoms with Gasteiger partial charge < -0.3 is 10.6 Å². The van der Waals surface area contributed by atoms with Crippen molar-refractivity contribution in [2.75, 3.05) is 18.0 Å². The van der Waals surface area contributed by atoms with Crippen LogP contribution in [-0.2, 0) is 0 Å². The lowest BCUT2D eigenvalue weighted by Gasteiger charge is -2.19. The molecule has 2 aromatic heterocycles. The van der Waals surface area contributed by atoms with Gasteiger partial charge in [0.2, 0.25) is 5.95 Å². The fourth-order valence-corrected chi connectivity index (χ4v) is 3.13. The maximum absolute atomic E-state index is 15.0. The van der Waals surface area contributed by atoms with E-state index in [1.807, 2.05) is 4.98 Å². The fraction of sp³-hybridized carbons (Fsp3) is 0.500. The molecule has 1 aliphatic heterocycles. The molecule has 4 rings (SSSR count). The van der Waals surface area contributed by atoms with Gasteiger partial charge in [0.15, 0.2) is 11.6 Å². The van der Waals surface area contributed by atoms with Crippen molar-refractivity contribution >= 4 is 16.7 Å². The van der Waals surface area contributed by atoms with Crippen LogP contribution in [0.5, 0.6) is 0 Å². The maximum atomic E-state index is 15.0. The number of hydrogen-bond acceptors (Lipinski definition) is 5. The van der Waals surface area contributed by atoms with E-state index in [0.29, 0.717) is 32.4 Å². The van der Waals surface area contributed by atoms with Crippen LogP contribution in [0.2, 0.25) is 0 Å². The van der Waals surface area contributed by atoms with Crippen LogP contribution in [0.1, 0.15) is 25.3 Å². The van der Waals surface area contributed by atoms with Gasteiger partial charge in [0, 0.05) is 25.2 Å². The number of pyridine rings is 1. The van der Waals surface area contributed by atoms with Crippen LogP contribution in [-0.4, -0.2) is 33.7 Å². The second-order valence-corrected chi connectivity index (χ2v) is 6.12. The summed E-state index contributed by atoms with van der Waals surface area (Å²) >= 11 is 0. The van der Waals surface area contributed by atoms with Crippen LogP contribution in [0.4, 0.5) is 14.6 Å². The highest BCUT2D eigenvalue weighted by atomic mass is 19.1. The zero-order chi connectivity index (χ0) is 16.3. The van der Waals surface area contributed by atoms with Crippen molar-refractivity contribution in [3.63, 3.8) is 0 Å². The highest BCUT2D eigenvalue weighted by Crippen LogP contribution is 2.37. The van der Waals surface area contributed by atoms with Crippen molar-refractivity contribution in [3.8, 4) is 0 Å². The zero-order valence-corrected chi connectivity index (χ0v) is 12.2. The van der Waals surface area contributed by atoms with Crippen LogP contribution in [0.25, 0.3) is 10.9 Å². The number of anilines is 1. The smallest absolute Gasteiger partial charge is 0.329 e. The lowest BCUT2D eigenvalue weighted by Crippen LogP contribution is -2.33. The standard InChI is InChI=1S/C14H15F2N5O2/c15-9-10-8(13(22)19-14(23)21(10)7-1-2-7)11(16)18-12(9)20-4-3-6(17)5-20/h6-7H,1-5,17H2,(H,19,22,23). The molecular weight excluding hydrogens is 308 g/mol. The molecule has 1 unspecified atom stereocenters. The molecule has 122 valence electrons. The molecule has 3 heterocycles. The molecule has 1 saturated carbocycles. The van der Waals surface area contributed by atoms with Gasteiger partial charge in [-0.2, -0.15) is 9.37 Å². The summed E-state index contributed by atoms with van der Waals surface area (Å²) in [6.45, 7) is 0.804. The van der Waals surface area contributed by atoms with E-state index in [2.05, 4.69) is 4.98 Å². The summed E-state index contributed by atoms with van der Waals surface area (Å²) in [6, 6.07) is -0.355. The van der Waals surface area contributed by atoms with Gasteiger partial charge in [-0.15, -0.1) is 0 Å². The SMILES string of the molecule is NC1CCN(c2nc(F)c3c(=O)[nH]c(=O)n(C4CC4)c3c2F)C1. The van der Waals surface area contributed by atoms with Gasteiger partial charge in [-0.3, -0.25) is 14.3 Å². The van der Waals surface area contributed by atoms with Gasteiger partial charge >= 0.3 is 5.69 Å². The normalized spacial score (nSPS) is 21.3. The Bertz CT molecular complexity index is 918. The van der Waals surface area contributed by atoms with Crippen molar-refractivity contribution in [2.24, 2.45) is 5.73 Å². The van der Waals surface area contributed by atoms with Gasteiger partial charge in [-0.05, 0) is 19.3 Å². The summed E-state index contributed by atoms with van der Waals surface area (Å²) in [5.41, 5.74) is 3.82. The van der Waals surface area contributed by atoms with E-state index >= 15 is 4.39 Å². The van der Waals surface area contributed by atoms with Crippen LogP contribution >= 0.6 is 0 Å². The van der Waals surface area contributed by atoms with Crippen LogP contribution < -0.4 is 21.9 Å². The highest BCUT2D eigenvalue weighted by Gasteiger charge is 2.32. The predicted molar refractivity (Wildman–Crippen MR) is 79.6 cm³/mol. The fourth-order valence-electron chi connectivity index (χ4n) is 3.13. The maximum Gasteiger partial charge on any atom is 0.329 e. The van der Waals surface area contributed by atoms with Crippen LogP contribution in [0.15, 0.2) is 9.59 Å². The Morgan fingerprint density at radius 1 is 1.22 bits per heavy atom. The molecule has 1 saturated heterocycles. The Labute approximate surface area is 128 Å². The molecule has 0 aromatic carbocycles. The lowest BCUT2D eigenvalue weighted by molar-refractivity contribution is 0.560. The van der Waals surface area contributed by atoms with Gasteiger partial charge in [0.1, 0.15) is 10.9 Å². The van der Waals surface area contributed by atoms with E-state index in [-0.39, 0.29) is 23.4 Å². The molecule has 1 atom stereocenters. The minimum atomic E-state index is -1.08. The third kappa shape index (κ3) is 2.14. The summed E-state index contributed by atoms with van der Waals surface area (Å²) in [5, 5.41) is -0.513. The van der Waals surface area contributed by atoms with E-state index in [9.17, 15) is 14.0 Å². The molecular formula is C14H15F2N5O2. The van der Waals surface area contributed by atoms with Crippen LogP contribution in [0, 0.1) is 11.8 Å². The molecule has 23 heavy (non-hydrogen) atoms. The minimum Gasteiger partial charge on any atom is -0.352 e. The van der Waals surface area contributed by atoms with Crippen molar-refractivity contribution in [3.05, 3.63) is 32.6 Å². The van der Waals surface area contributed by atoms with Gasteiger partial charge in [-0.25, -0.2) is 9.18 Å². The quantitative estimate of drug-likeness (QED) is 0.772. The van der Waals surface area contributed by atoms with Gasteiger partial charge in [0.25, 0.3) is 5.56 Å². The Balaban J connectivity index is 2.05. The first-order valence-electron chi connectivity index (χ1n) is 7.51. The monoisotopic (exact) mass is 323 g/mol. The predicted octanol–water partition coefficient (Wildman–Crippen LogP) is 0.235. The Morgan fingerprint density at radius 2 is 1.96 bits per heavy atom. The molecule has 1 aliphatic carbocycles. The number of nitrogens with two attached hydrogens (primary N) is 1. The second kappa shape index (κ2) is 4.85. The van der Waals surface area contributed by atoms with Crippen molar-refractivity contribution in [1.82, 2.24) is 14.5 Å². The van der Waals surface area contributed by atoms with Crippen molar-refractivity contribution < 1.29 is 8.78 Å². The molecule has 9 heteroatoms. The summed E-state index contributed by atoms with van der Waals surface area (Å²) in [5.74, 6) is -2.11. The minimum absolute atomic E-state index is 0.139. The first-order valence-corrected chi connectivity index (χ1v) is 7.51. The first kappa shape index (κ1) is 14.3. The summed E-state index contributed by atoms with van der Waals surface area (Å²) in [6.07, 6.45) is 2.02. The third-order valence-corrected chi connectivity index (χ3v) is 4.39. The van der Waals surface area contributed by atoms with E-state index in [4.69, 9.17) is 5.73 Å². The van der Waals surface area contributed by atoms with Gasteiger partial charge in [0.05, 0.1) is 0 Å². The number of nitrogens with one attached hydrogen (secondary N) is 1. The van der Waals surface area contributed by atoms with E-state index in [1.54, 1.807) is 4.90 Å². The van der Waals surface area contributed by atoms with Gasteiger partial charge in [-0.1, -0.05) is 0 Å². The molecule has 2 aliphatic rings. The number of aromatic amines is 1. The second-order valence-electron chi connectivity index (χ2n) is 6.12. The number of fused-ring (bicyclic) bond motifs is 1. The topological polar surface area (TPSA) is 97.0 Å². The van der Waals surface area contributed by atoms with E-state index in [0.717, 1.165) is 4.57 Å². The third-order valence-electron chi connectivity index (χ3n) is 4.39. The first-order chi connectivity index (χ1) is 11.0. The lowest BCUT2D eigenvalue weighted by atomic mass is 10.2. The number of aromatic nitrogens is 3. The summed E-state index contributed by atoms with van der Waals surface area (Å²) in [7, 11) is 0. The van der Waals surface area contributed by atoms with Crippen LogP contribution in [0.3, 0.4) is 0 Å². The zero-order valence-electron chi connectivity index (χ0n) is 12.2. The number of nitrogens with zero attached hydrogens (tertiary/aromatic N) is 3.